The Morgan fingerprint density at radius 1 is 1.15 bits per heavy atom. The molecular formula is C17H23NO2. The van der Waals surface area contributed by atoms with Gasteiger partial charge in [0, 0.05) is 18.0 Å². The zero-order valence-electron chi connectivity index (χ0n) is 12.4. The van der Waals surface area contributed by atoms with Crippen LogP contribution in [0.4, 0.5) is 0 Å². The highest BCUT2D eigenvalue weighted by atomic mass is 16.5. The van der Waals surface area contributed by atoms with Crippen LogP contribution < -0.4 is 10.1 Å². The van der Waals surface area contributed by atoms with Gasteiger partial charge in [-0.2, -0.15) is 0 Å². The second-order valence-electron chi connectivity index (χ2n) is 5.46. The van der Waals surface area contributed by atoms with Crippen LogP contribution in [0.1, 0.15) is 19.4 Å². The molecule has 2 aromatic rings. The molecule has 0 amide bonds. The second kappa shape index (κ2) is 6.73. The van der Waals surface area contributed by atoms with Crippen molar-refractivity contribution in [3.63, 3.8) is 0 Å². The molecule has 0 saturated carbocycles. The van der Waals surface area contributed by atoms with E-state index in [9.17, 15) is 5.11 Å². The molecule has 3 heteroatoms. The minimum atomic E-state index is -0.504. The second-order valence-corrected chi connectivity index (χ2v) is 5.46. The Morgan fingerprint density at radius 3 is 2.65 bits per heavy atom. The predicted molar refractivity (Wildman–Crippen MR) is 83.3 cm³/mol. The van der Waals surface area contributed by atoms with E-state index in [1.165, 1.54) is 0 Å². The average Bonchev–Trinajstić information content (AvgIpc) is 2.44. The van der Waals surface area contributed by atoms with Gasteiger partial charge in [-0.25, -0.2) is 0 Å². The van der Waals surface area contributed by atoms with E-state index in [4.69, 9.17) is 4.74 Å². The molecule has 1 unspecified atom stereocenters. The van der Waals surface area contributed by atoms with Crippen LogP contribution in [-0.2, 0) is 0 Å². The summed E-state index contributed by atoms with van der Waals surface area (Å²) >= 11 is 0. The lowest BCUT2D eigenvalue weighted by Crippen LogP contribution is -2.35. The number of hydrogen-bond donors (Lipinski definition) is 2. The van der Waals surface area contributed by atoms with Gasteiger partial charge in [0.2, 0.25) is 0 Å². The number of hydrogen-bond acceptors (Lipinski definition) is 3. The molecule has 3 nitrogen and oxygen atoms in total. The van der Waals surface area contributed by atoms with E-state index >= 15 is 0 Å². The Hall–Kier alpha value is -1.58. The standard InChI is InChI=1S/C17H23NO2/c1-12(2)18-10-15(19)11-20-17-13(3)8-9-14-6-4-5-7-16(14)17/h4-9,12,15,18-19H,10-11H2,1-3H3. The molecule has 0 spiro atoms. The Bertz CT molecular complexity index is 566. The quantitative estimate of drug-likeness (QED) is 0.850. The van der Waals surface area contributed by atoms with E-state index in [0.717, 1.165) is 22.1 Å². The van der Waals surface area contributed by atoms with Crippen molar-refractivity contribution in [3.05, 3.63) is 42.0 Å². The van der Waals surface area contributed by atoms with Crippen LogP contribution in [0.3, 0.4) is 0 Å². The van der Waals surface area contributed by atoms with Crippen molar-refractivity contribution in [1.82, 2.24) is 5.32 Å². The first-order valence-corrected chi connectivity index (χ1v) is 7.10. The summed E-state index contributed by atoms with van der Waals surface area (Å²) in [5.74, 6) is 0.867. The van der Waals surface area contributed by atoms with Crippen molar-refractivity contribution in [3.8, 4) is 5.75 Å². The number of ether oxygens (including phenoxy) is 1. The zero-order chi connectivity index (χ0) is 14.5. The van der Waals surface area contributed by atoms with Gasteiger partial charge in [0.1, 0.15) is 18.5 Å². The van der Waals surface area contributed by atoms with Crippen molar-refractivity contribution >= 4 is 10.8 Å². The molecule has 0 aliphatic rings. The minimum absolute atomic E-state index is 0.300. The van der Waals surface area contributed by atoms with Crippen LogP contribution in [0.15, 0.2) is 36.4 Å². The summed E-state index contributed by atoms with van der Waals surface area (Å²) in [7, 11) is 0. The maximum Gasteiger partial charge on any atom is 0.130 e. The fraction of sp³-hybridized carbons (Fsp3) is 0.412. The maximum absolute atomic E-state index is 9.93. The molecular weight excluding hydrogens is 250 g/mol. The first-order chi connectivity index (χ1) is 9.58. The number of nitrogens with one attached hydrogen (secondary N) is 1. The number of benzene rings is 2. The fourth-order valence-corrected chi connectivity index (χ4v) is 2.15. The van der Waals surface area contributed by atoms with Crippen LogP contribution in [0, 0.1) is 6.92 Å². The summed E-state index contributed by atoms with van der Waals surface area (Å²) in [4.78, 5) is 0. The molecule has 2 aromatic carbocycles. The Balaban J connectivity index is 2.07. The lowest BCUT2D eigenvalue weighted by atomic mass is 10.1. The third kappa shape index (κ3) is 3.71. The van der Waals surface area contributed by atoms with E-state index in [2.05, 4.69) is 43.4 Å². The molecule has 1 atom stereocenters. The van der Waals surface area contributed by atoms with E-state index in [0.29, 0.717) is 19.2 Å². The van der Waals surface area contributed by atoms with Crippen molar-refractivity contribution in [1.29, 1.82) is 0 Å². The molecule has 2 N–H and O–H groups in total. The highest BCUT2D eigenvalue weighted by molar-refractivity contribution is 5.89. The van der Waals surface area contributed by atoms with Gasteiger partial charge in [-0.05, 0) is 17.9 Å². The van der Waals surface area contributed by atoms with Crippen LogP contribution in [0.2, 0.25) is 0 Å². The molecule has 0 aliphatic heterocycles. The van der Waals surface area contributed by atoms with Crippen LogP contribution in [0.25, 0.3) is 10.8 Å². The molecule has 20 heavy (non-hydrogen) atoms. The van der Waals surface area contributed by atoms with Gasteiger partial charge in [-0.3, -0.25) is 0 Å². The SMILES string of the molecule is Cc1ccc2ccccc2c1OCC(O)CNC(C)C. The van der Waals surface area contributed by atoms with Gasteiger partial charge in [-0.15, -0.1) is 0 Å². The van der Waals surface area contributed by atoms with Crippen LogP contribution >= 0.6 is 0 Å². The van der Waals surface area contributed by atoms with Gasteiger partial charge < -0.3 is 15.2 Å². The van der Waals surface area contributed by atoms with Crippen molar-refractivity contribution in [2.75, 3.05) is 13.2 Å². The van der Waals surface area contributed by atoms with Crippen molar-refractivity contribution < 1.29 is 9.84 Å². The number of aliphatic hydroxyl groups is 1. The molecule has 0 aromatic heterocycles. The Morgan fingerprint density at radius 2 is 1.90 bits per heavy atom. The molecule has 0 heterocycles. The van der Waals surface area contributed by atoms with Gasteiger partial charge in [0.25, 0.3) is 0 Å². The van der Waals surface area contributed by atoms with Gasteiger partial charge in [-0.1, -0.05) is 50.2 Å². The molecule has 108 valence electrons. The molecule has 0 saturated heterocycles. The van der Waals surface area contributed by atoms with Gasteiger partial charge in [0.15, 0.2) is 0 Å². The Labute approximate surface area is 120 Å². The maximum atomic E-state index is 9.93. The normalized spacial score (nSPS) is 12.8. The van der Waals surface area contributed by atoms with E-state index in [1.807, 2.05) is 19.1 Å². The molecule has 2 rings (SSSR count). The van der Waals surface area contributed by atoms with Crippen molar-refractivity contribution in [2.24, 2.45) is 0 Å². The first-order valence-electron chi connectivity index (χ1n) is 7.10. The smallest absolute Gasteiger partial charge is 0.130 e. The van der Waals surface area contributed by atoms with Crippen LogP contribution in [0.5, 0.6) is 5.75 Å². The summed E-state index contributed by atoms with van der Waals surface area (Å²) in [6.07, 6.45) is -0.504. The van der Waals surface area contributed by atoms with E-state index < -0.39 is 6.10 Å². The Kier molecular flexibility index (Phi) is 4.99. The molecule has 0 fully saturated rings. The first kappa shape index (κ1) is 14.8. The van der Waals surface area contributed by atoms with E-state index in [1.54, 1.807) is 0 Å². The highest BCUT2D eigenvalue weighted by Gasteiger charge is 2.10. The van der Waals surface area contributed by atoms with Crippen molar-refractivity contribution in [2.45, 2.75) is 32.9 Å². The molecule has 0 aliphatic carbocycles. The average molecular weight is 273 g/mol. The van der Waals surface area contributed by atoms with Gasteiger partial charge in [0.05, 0.1) is 0 Å². The lowest BCUT2D eigenvalue weighted by molar-refractivity contribution is 0.105. The molecule has 0 radical (unpaired) electrons. The van der Waals surface area contributed by atoms with E-state index in [-0.39, 0.29) is 0 Å². The number of aliphatic hydroxyl groups excluding tert-OH is 1. The fourth-order valence-electron chi connectivity index (χ4n) is 2.15. The highest BCUT2D eigenvalue weighted by Crippen LogP contribution is 2.29. The zero-order valence-corrected chi connectivity index (χ0v) is 12.4. The van der Waals surface area contributed by atoms with Gasteiger partial charge >= 0.3 is 0 Å². The monoisotopic (exact) mass is 273 g/mol. The topological polar surface area (TPSA) is 41.5 Å². The third-order valence-corrected chi connectivity index (χ3v) is 3.26. The summed E-state index contributed by atoms with van der Waals surface area (Å²) in [5.41, 5.74) is 1.09. The summed E-state index contributed by atoms with van der Waals surface area (Å²) in [5, 5.41) is 15.4. The summed E-state index contributed by atoms with van der Waals surface area (Å²) < 4.78 is 5.85. The lowest BCUT2D eigenvalue weighted by Gasteiger charge is -2.17. The number of rotatable bonds is 6. The number of aryl methyl sites for hydroxylation is 1. The summed E-state index contributed by atoms with van der Waals surface area (Å²) in [6.45, 7) is 6.99. The van der Waals surface area contributed by atoms with Crippen LogP contribution in [-0.4, -0.2) is 30.4 Å². The predicted octanol–water partition coefficient (Wildman–Crippen LogP) is 2.89. The summed E-state index contributed by atoms with van der Waals surface area (Å²) in [6, 6.07) is 12.7. The number of fused-ring (bicyclic) bond motifs is 1. The largest absolute Gasteiger partial charge is 0.490 e. The molecule has 0 bridgehead atoms. The minimum Gasteiger partial charge on any atom is -0.490 e. The third-order valence-electron chi connectivity index (χ3n) is 3.26.